The third-order valence-electron chi connectivity index (χ3n) is 2.77. The number of hydrogen-bond acceptors (Lipinski definition) is 3. The lowest BCUT2D eigenvalue weighted by Crippen LogP contribution is -2.19. The minimum absolute atomic E-state index is 0.0735. The zero-order valence-corrected chi connectivity index (χ0v) is 11.8. The van der Waals surface area contributed by atoms with Crippen molar-refractivity contribution in [3.8, 4) is 0 Å². The molecular weight excluding hydrogens is 308 g/mol. The van der Waals surface area contributed by atoms with Crippen molar-refractivity contribution in [3.05, 3.63) is 63.2 Å². The number of ketones is 1. The van der Waals surface area contributed by atoms with Crippen molar-refractivity contribution >= 4 is 21.7 Å². The average molecular weight is 321 g/mol. The fourth-order valence-corrected chi connectivity index (χ4v) is 2.28. The van der Waals surface area contributed by atoms with E-state index in [0.717, 1.165) is 4.47 Å². The van der Waals surface area contributed by atoms with E-state index in [2.05, 4.69) is 20.9 Å². The van der Waals surface area contributed by atoms with Crippen LogP contribution in [0.2, 0.25) is 0 Å². The quantitative estimate of drug-likeness (QED) is 0.796. The molecule has 0 N–H and O–H groups in total. The van der Waals surface area contributed by atoms with Crippen LogP contribution in [0.15, 0.2) is 52.1 Å². The Morgan fingerprint density at radius 2 is 2.05 bits per heavy atom. The summed E-state index contributed by atoms with van der Waals surface area (Å²) in [4.78, 5) is 27.3. The summed E-state index contributed by atoms with van der Waals surface area (Å²) in [6.07, 6.45) is 3.98. The van der Waals surface area contributed by atoms with Crippen molar-refractivity contribution in [2.45, 2.75) is 19.4 Å². The zero-order valence-electron chi connectivity index (χ0n) is 10.3. The van der Waals surface area contributed by atoms with Crippen LogP contribution in [0.3, 0.4) is 0 Å². The van der Waals surface area contributed by atoms with E-state index in [4.69, 9.17) is 0 Å². The fraction of sp³-hybridized carbons (Fsp3) is 0.214. The van der Waals surface area contributed by atoms with Crippen molar-refractivity contribution in [2.24, 2.45) is 0 Å². The highest BCUT2D eigenvalue weighted by atomic mass is 79.9. The molecule has 1 aromatic carbocycles. The summed E-state index contributed by atoms with van der Waals surface area (Å²) in [5.41, 5.74) is 0.587. The van der Waals surface area contributed by atoms with Gasteiger partial charge in [0.05, 0.1) is 6.33 Å². The molecule has 1 heterocycles. The summed E-state index contributed by atoms with van der Waals surface area (Å²) in [7, 11) is 0. The van der Waals surface area contributed by atoms with Gasteiger partial charge in [0, 0.05) is 35.3 Å². The van der Waals surface area contributed by atoms with Crippen molar-refractivity contribution in [1.29, 1.82) is 0 Å². The van der Waals surface area contributed by atoms with E-state index in [0.29, 0.717) is 24.9 Å². The Bertz CT molecular complexity index is 637. The molecule has 0 bridgehead atoms. The topological polar surface area (TPSA) is 52.0 Å². The van der Waals surface area contributed by atoms with Gasteiger partial charge in [0.25, 0.3) is 5.56 Å². The van der Waals surface area contributed by atoms with Gasteiger partial charge in [-0.2, -0.15) is 0 Å². The van der Waals surface area contributed by atoms with Crippen LogP contribution in [-0.2, 0) is 6.54 Å². The van der Waals surface area contributed by atoms with Gasteiger partial charge in [-0.05, 0) is 12.5 Å². The molecule has 4 nitrogen and oxygen atoms in total. The van der Waals surface area contributed by atoms with Gasteiger partial charge in [0.1, 0.15) is 0 Å². The van der Waals surface area contributed by atoms with Crippen LogP contribution in [0.4, 0.5) is 0 Å². The van der Waals surface area contributed by atoms with Crippen molar-refractivity contribution < 1.29 is 4.79 Å². The van der Waals surface area contributed by atoms with Gasteiger partial charge in [-0.1, -0.05) is 34.1 Å². The molecule has 0 unspecified atom stereocenters. The third-order valence-corrected chi connectivity index (χ3v) is 3.46. The van der Waals surface area contributed by atoms with Crippen LogP contribution in [0.1, 0.15) is 23.2 Å². The average Bonchev–Trinajstić information content (AvgIpc) is 2.41. The predicted molar refractivity (Wildman–Crippen MR) is 76.2 cm³/mol. The number of aryl methyl sites for hydroxylation is 1. The van der Waals surface area contributed by atoms with Gasteiger partial charge < -0.3 is 0 Å². The maximum absolute atomic E-state index is 12.0. The fourth-order valence-electron chi connectivity index (χ4n) is 1.78. The molecular formula is C14H13BrN2O2. The predicted octanol–water partition coefficient (Wildman–Crippen LogP) is 2.67. The number of carbonyl (C=O) groups is 1. The molecule has 2 aromatic rings. The zero-order chi connectivity index (χ0) is 13.7. The number of halogens is 1. The Hall–Kier alpha value is -1.75. The molecule has 0 aliphatic carbocycles. The lowest BCUT2D eigenvalue weighted by atomic mass is 10.1. The second-order valence-corrected chi connectivity index (χ2v) is 4.97. The standard InChI is InChI=1S/C14H13BrN2O2/c15-12-5-2-1-4-11(12)13(18)6-3-9-17-10-16-8-7-14(17)19/h1-2,4-5,7-8,10H,3,6,9H2. The molecule has 0 amide bonds. The SMILES string of the molecule is O=C(CCCn1cnccc1=O)c1ccccc1Br. The third kappa shape index (κ3) is 3.61. The molecule has 0 saturated heterocycles. The Morgan fingerprint density at radius 1 is 1.26 bits per heavy atom. The number of aromatic nitrogens is 2. The van der Waals surface area contributed by atoms with Gasteiger partial charge in [-0.25, -0.2) is 4.98 Å². The molecule has 1 aromatic heterocycles. The van der Waals surface area contributed by atoms with E-state index in [9.17, 15) is 9.59 Å². The molecule has 0 saturated carbocycles. The molecule has 19 heavy (non-hydrogen) atoms. The van der Waals surface area contributed by atoms with E-state index in [1.807, 2.05) is 18.2 Å². The molecule has 0 spiro atoms. The van der Waals surface area contributed by atoms with Gasteiger partial charge in [-0.3, -0.25) is 14.2 Å². The second-order valence-electron chi connectivity index (χ2n) is 4.12. The number of hydrogen-bond donors (Lipinski definition) is 0. The van der Waals surface area contributed by atoms with E-state index in [-0.39, 0.29) is 11.3 Å². The van der Waals surface area contributed by atoms with Gasteiger partial charge in [-0.15, -0.1) is 0 Å². The minimum atomic E-state index is -0.0941. The van der Waals surface area contributed by atoms with Crippen LogP contribution >= 0.6 is 15.9 Å². The summed E-state index contributed by atoms with van der Waals surface area (Å²) in [6, 6.07) is 8.76. The first-order valence-electron chi connectivity index (χ1n) is 5.96. The molecule has 0 radical (unpaired) electrons. The molecule has 0 aliphatic heterocycles. The number of rotatable bonds is 5. The maximum Gasteiger partial charge on any atom is 0.253 e. The van der Waals surface area contributed by atoms with E-state index < -0.39 is 0 Å². The van der Waals surface area contributed by atoms with Crippen LogP contribution in [0, 0.1) is 0 Å². The molecule has 0 fully saturated rings. The molecule has 98 valence electrons. The van der Waals surface area contributed by atoms with Crippen molar-refractivity contribution in [1.82, 2.24) is 9.55 Å². The van der Waals surface area contributed by atoms with Gasteiger partial charge >= 0.3 is 0 Å². The Balaban J connectivity index is 1.94. The first kappa shape index (κ1) is 13.7. The largest absolute Gasteiger partial charge is 0.299 e. The number of carbonyl (C=O) groups excluding carboxylic acids is 1. The highest BCUT2D eigenvalue weighted by molar-refractivity contribution is 9.10. The Morgan fingerprint density at radius 3 is 2.79 bits per heavy atom. The van der Waals surface area contributed by atoms with Crippen LogP contribution in [0.5, 0.6) is 0 Å². The van der Waals surface area contributed by atoms with Gasteiger partial charge in [0.15, 0.2) is 5.78 Å². The van der Waals surface area contributed by atoms with Crippen LogP contribution in [-0.4, -0.2) is 15.3 Å². The van der Waals surface area contributed by atoms with Crippen LogP contribution in [0.25, 0.3) is 0 Å². The summed E-state index contributed by atoms with van der Waals surface area (Å²) < 4.78 is 2.31. The lowest BCUT2D eigenvalue weighted by Gasteiger charge is -2.05. The maximum atomic E-state index is 12.0. The normalized spacial score (nSPS) is 10.4. The van der Waals surface area contributed by atoms with Crippen molar-refractivity contribution in [3.63, 3.8) is 0 Å². The second kappa shape index (κ2) is 6.43. The van der Waals surface area contributed by atoms with Crippen molar-refractivity contribution in [2.75, 3.05) is 0 Å². The number of nitrogens with zero attached hydrogens (tertiary/aromatic N) is 2. The highest BCUT2D eigenvalue weighted by Gasteiger charge is 2.08. The van der Waals surface area contributed by atoms with E-state index in [1.54, 1.807) is 6.07 Å². The summed E-state index contributed by atoms with van der Waals surface area (Å²) >= 11 is 3.36. The van der Waals surface area contributed by atoms with E-state index in [1.165, 1.54) is 23.2 Å². The highest BCUT2D eigenvalue weighted by Crippen LogP contribution is 2.18. The minimum Gasteiger partial charge on any atom is -0.299 e. The monoisotopic (exact) mass is 320 g/mol. The summed E-state index contributed by atoms with van der Waals surface area (Å²) in [5.74, 6) is 0.0735. The molecule has 0 aliphatic rings. The first-order chi connectivity index (χ1) is 9.18. The number of benzene rings is 1. The first-order valence-corrected chi connectivity index (χ1v) is 6.76. The summed E-state index contributed by atoms with van der Waals surface area (Å²) in [5, 5.41) is 0. The lowest BCUT2D eigenvalue weighted by molar-refractivity contribution is 0.0977. The Labute approximate surface area is 119 Å². The molecule has 5 heteroatoms. The summed E-state index contributed by atoms with van der Waals surface area (Å²) in [6.45, 7) is 0.503. The molecule has 0 atom stereocenters. The molecule has 2 rings (SSSR count). The Kier molecular flexibility index (Phi) is 4.63. The smallest absolute Gasteiger partial charge is 0.253 e. The van der Waals surface area contributed by atoms with E-state index >= 15 is 0 Å². The van der Waals surface area contributed by atoms with Gasteiger partial charge in [0.2, 0.25) is 0 Å². The van der Waals surface area contributed by atoms with Crippen LogP contribution < -0.4 is 5.56 Å². The number of Topliss-reactive ketones (excluding diaryl/α,β-unsaturated/α-hetero) is 1.